The van der Waals surface area contributed by atoms with E-state index in [2.05, 4.69) is 29.6 Å². The molecule has 0 bridgehead atoms. The van der Waals surface area contributed by atoms with Crippen LogP contribution in [0.5, 0.6) is 0 Å². The van der Waals surface area contributed by atoms with Gasteiger partial charge in [0, 0.05) is 32.8 Å². The zero-order chi connectivity index (χ0) is 16.9. The summed E-state index contributed by atoms with van der Waals surface area (Å²) in [6, 6.07) is 8.72. The number of carbonyl (C=O) groups excluding carboxylic acids is 1. The molecule has 5 heteroatoms. The highest BCUT2D eigenvalue weighted by atomic mass is 16.6. The maximum Gasteiger partial charge on any atom is 0.410 e. The van der Waals surface area contributed by atoms with Crippen molar-refractivity contribution < 1.29 is 14.3 Å². The quantitative estimate of drug-likeness (QED) is 0.906. The first-order valence-corrected chi connectivity index (χ1v) is 8.15. The highest BCUT2D eigenvalue weighted by Crippen LogP contribution is 2.16. The van der Waals surface area contributed by atoms with E-state index in [4.69, 9.17) is 9.47 Å². The topological polar surface area (TPSA) is 50.8 Å². The summed E-state index contributed by atoms with van der Waals surface area (Å²) in [5, 5.41) is 3.52. The SMILES string of the molecule is COCc1ccc(CNC2CCN(C(=O)OC(C)(C)C)C2)cc1. The van der Waals surface area contributed by atoms with Crippen molar-refractivity contribution in [3.63, 3.8) is 0 Å². The Labute approximate surface area is 139 Å². The minimum absolute atomic E-state index is 0.217. The molecule has 1 atom stereocenters. The van der Waals surface area contributed by atoms with Gasteiger partial charge in [-0.25, -0.2) is 4.79 Å². The Balaban J connectivity index is 1.76. The molecule has 1 saturated heterocycles. The van der Waals surface area contributed by atoms with E-state index in [9.17, 15) is 4.79 Å². The smallest absolute Gasteiger partial charge is 0.410 e. The van der Waals surface area contributed by atoms with Gasteiger partial charge in [0.15, 0.2) is 0 Å². The van der Waals surface area contributed by atoms with Crippen LogP contribution in [0.1, 0.15) is 38.3 Å². The molecule has 1 aliphatic rings. The van der Waals surface area contributed by atoms with Gasteiger partial charge in [-0.15, -0.1) is 0 Å². The minimum Gasteiger partial charge on any atom is -0.444 e. The Morgan fingerprint density at radius 2 is 1.91 bits per heavy atom. The average Bonchev–Trinajstić information content (AvgIpc) is 2.94. The molecule has 1 unspecified atom stereocenters. The summed E-state index contributed by atoms with van der Waals surface area (Å²) in [6.45, 7) is 8.58. The number of carbonyl (C=O) groups is 1. The van der Waals surface area contributed by atoms with Crippen molar-refractivity contribution in [2.45, 2.75) is 52.0 Å². The summed E-state index contributed by atoms with van der Waals surface area (Å²) in [5.41, 5.74) is 1.97. The van der Waals surface area contributed by atoms with Gasteiger partial charge in [0.25, 0.3) is 0 Å². The Morgan fingerprint density at radius 3 is 2.52 bits per heavy atom. The first-order valence-electron chi connectivity index (χ1n) is 8.15. The standard InChI is InChI=1S/C18H28N2O3/c1-18(2,3)23-17(21)20-10-9-16(12-20)19-11-14-5-7-15(8-6-14)13-22-4/h5-8,16,19H,9-13H2,1-4H3. The van der Waals surface area contributed by atoms with Crippen LogP contribution in [-0.4, -0.2) is 42.8 Å². The molecular weight excluding hydrogens is 292 g/mol. The van der Waals surface area contributed by atoms with Crippen molar-refractivity contribution in [1.82, 2.24) is 10.2 Å². The van der Waals surface area contributed by atoms with E-state index in [-0.39, 0.29) is 6.09 Å². The molecule has 5 nitrogen and oxygen atoms in total. The molecule has 0 aromatic heterocycles. The fraction of sp³-hybridized carbons (Fsp3) is 0.611. The van der Waals surface area contributed by atoms with E-state index in [0.717, 1.165) is 19.5 Å². The molecule has 1 heterocycles. The first kappa shape index (κ1) is 17.8. The van der Waals surface area contributed by atoms with Crippen LogP contribution in [0.3, 0.4) is 0 Å². The van der Waals surface area contributed by atoms with E-state index in [0.29, 0.717) is 19.2 Å². The zero-order valence-corrected chi connectivity index (χ0v) is 14.6. The summed E-state index contributed by atoms with van der Waals surface area (Å²) >= 11 is 0. The van der Waals surface area contributed by atoms with Gasteiger partial charge in [0.05, 0.1) is 6.61 Å². The van der Waals surface area contributed by atoms with Crippen LogP contribution < -0.4 is 5.32 Å². The van der Waals surface area contributed by atoms with Crippen LogP contribution in [0.4, 0.5) is 4.79 Å². The van der Waals surface area contributed by atoms with Gasteiger partial charge in [0.2, 0.25) is 0 Å². The number of nitrogens with one attached hydrogen (secondary N) is 1. The maximum absolute atomic E-state index is 12.0. The average molecular weight is 320 g/mol. The Morgan fingerprint density at radius 1 is 1.26 bits per heavy atom. The minimum atomic E-state index is -0.438. The number of hydrogen-bond acceptors (Lipinski definition) is 4. The number of rotatable bonds is 5. The summed E-state index contributed by atoms with van der Waals surface area (Å²) in [5.74, 6) is 0. The fourth-order valence-electron chi connectivity index (χ4n) is 2.60. The van der Waals surface area contributed by atoms with Crippen molar-refractivity contribution in [2.24, 2.45) is 0 Å². The lowest BCUT2D eigenvalue weighted by molar-refractivity contribution is 0.0291. The summed E-state index contributed by atoms with van der Waals surface area (Å²) in [4.78, 5) is 13.8. The number of amides is 1. The van der Waals surface area contributed by atoms with Crippen LogP contribution in [0.15, 0.2) is 24.3 Å². The van der Waals surface area contributed by atoms with Crippen LogP contribution in [0, 0.1) is 0 Å². The number of benzene rings is 1. The molecule has 1 fully saturated rings. The van der Waals surface area contributed by atoms with E-state index in [1.165, 1.54) is 11.1 Å². The van der Waals surface area contributed by atoms with Gasteiger partial charge < -0.3 is 19.7 Å². The second-order valence-electron chi connectivity index (χ2n) is 7.04. The van der Waals surface area contributed by atoms with E-state index in [1.807, 2.05) is 20.8 Å². The molecule has 0 spiro atoms. The number of methoxy groups -OCH3 is 1. The summed E-state index contributed by atoms with van der Waals surface area (Å²) < 4.78 is 10.5. The predicted molar refractivity (Wildman–Crippen MR) is 90.2 cm³/mol. The molecule has 1 aliphatic heterocycles. The molecule has 23 heavy (non-hydrogen) atoms. The first-order chi connectivity index (χ1) is 10.9. The Hall–Kier alpha value is -1.59. The lowest BCUT2D eigenvalue weighted by Crippen LogP contribution is -2.38. The zero-order valence-electron chi connectivity index (χ0n) is 14.6. The molecule has 128 valence electrons. The van der Waals surface area contributed by atoms with Gasteiger partial charge in [-0.05, 0) is 38.3 Å². The van der Waals surface area contributed by atoms with Gasteiger partial charge in [0.1, 0.15) is 5.60 Å². The number of hydrogen-bond donors (Lipinski definition) is 1. The van der Waals surface area contributed by atoms with Crippen molar-refractivity contribution >= 4 is 6.09 Å². The van der Waals surface area contributed by atoms with Gasteiger partial charge in [-0.2, -0.15) is 0 Å². The molecule has 2 rings (SSSR count). The lowest BCUT2D eigenvalue weighted by Gasteiger charge is -2.24. The molecule has 0 aliphatic carbocycles. The molecule has 0 radical (unpaired) electrons. The third kappa shape index (κ3) is 5.84. The second-order valence-corrected chi connectivity index (χ2v) is 7.04. The van der Waals surface area contributed by atoms with Crippen LogP contribution in [-0.2, 0) is 22.6 Å². The van der Waals surface area contributed by atoms with Gasteiger partial charge in [-0.3, -0.25) is 0 Å². The Bertz CT molecular complexity index is 508. The van der Waals surface area contributed by atoms with E-state index in [1.54, 1.807) is 12.0 Å². The van der Waals surface area contributed by atoms with Crippen molar-refractivity contribution in [1.29, 1.82) is 0 Å². The number of likely N-dealkylation sites (tertiary alicyclic amines) is 1. The van der Waals surface area contributed by atoms with E-state index < -0.39 is 5.60 Å². The molecular formula is C18H28N2O3. The van der Waals surface area contributed by atoms with Gasteiger partial charge >= 0.3 is 6.09 Å². The summed E-state index contributed by atoms with van der Waals surface area (Å²) in [6.07, 6.45) is 0.742. The monoisotopic (exact) mass is 320 g/mol. The largest absolute Gasteiger partial charge is 0.444 e. The van der Waals surface area contributed by atoms with Crippen LogP contribution in [0.25, 0.3) is 0 Å². The second kappa shape index (κ2) is 7.79. The normalized spacial score (nSPS) is 18.3. The third-order valence-electron chi connectivity index (χ3n) is 3.77. The fourth-order valence-corrected chi connectivity index (χ4v) is 2.60. The molecule has 1 aromatic carbocycles. The van der Waals surface area contributed by atoms with Crippen molar-refractivity contribution in [3.05, 3.63) is 35.4 Å². The highest BCUT2D eigenvalue weighted by molar-refractivity contribution is 5.68. The van der Waals surface area contributed by atoms with Crippen molar-refractivity contribution in [3.8, 4) is 0 Å². The van der Waals surface area contributed by atoms with E-state index >= 15 is 0 Å². The molecule has 1 N–H and O–H groups in total. The van der Waals surface area contributed by atoms with Crippen LogP contribution >= 0.6 is 0 Å². The lowest BCUT2D eigenvalue weighted by atomic mass is 10.1. The summed E-state index contributed by atoms with van der Waals surface area (Å²) in [7, 11) is 1.70. The maximum atomic E-state index is 12.0. The van der Waals surface area contributed by atoms with Crippen LogP contribution in [0.2, 0.25) is 0 Å². The predicted octanol–water partition coefficient (Wildman–Crippen LogP) is 2.93. The number of ether oxygens (including phenoxy) is 2. The molecule has 1 aromatic rings. The molecule has 0 saturated carbocycles. The van der Waals surface area contributed by atoms with Gasteiger partial charge in [-0.1, -0.05) is 24.3 Å². The number of nitrogens with zero attached hydrogens (tertiary/aromatic N) is 1. The highest BCUT2D eigenvalue weighted by Gasteiger charge is 2.29. The molecule has 1 amide bonds. The Kier molecular flexibility index (Phi) is 6.02. The third-order valence-corrected chi connectivity index (χ3v) is 3.77. The van der Waals surface area contributed by atoms with Crippen molar-refractivity contribution in [2.75, 3.05) is 20.2 Å².